The van der Waals surface area contributed by atoms with Crippen LogP contribution in [0.1, 0.15) is 37.9 Å². The van der Waals surface area contributed by atoms with Gasteiger partial charge in [-0.1, -0.05) is 19.8 Å². The van der Waals surface area contributed by atoms with Crippen molar-refractivity contribution in [3.05, 3.63) is 23.8 Å². The van der Waals surface area contributed by atoms with Crippen molar-refractivity contribution in [1.82, 2.24) is 0 Å². The van der Waals surface area contributed by atoms with E-state index >= 15 is 0 Å². The van der Waals surface area contributed by atoms with Crippen molar-refractivity contribution in [2.75, 3.05) is 13.2 Å². The summed E-state index contributed by atoms with van der Waals surface area (Å²) < 4.78 is 11.8. The van der Waals surface area contributed by atoms with Gasteiger partial charge in [0.15, 0.2) is 0 Å². The summed E-state index contributed by atoms with van der Waals surface area (Å²) in [6.45, 7) is 3.79. The molecule has 1 aromatic carbocycles. The topological polar surface area (TPSA) is 38.7 Å². The van der Waals surface area contributed by atoms with Crippen LogP contribution in [-0.2, 0) is 4.74 Å². The highest BCUT2D eigenvalue weighted by molar-refractivity contribution is 5.42. The molecule has 2 heterocycles. The summed E-state index contributed by atoms with van der Waals surface area (Å²) in [6, 6.07) is 5.31. The number of fused-ring (bicyclic) bond motifs is 3. The molecule has 0 amide bonds. The predicted octanol–water partition coefficient (Wildman–Crippen LogP) is 3.28. The van der Waals surface area contributed by atoms with Crippen molar-refractivity contribution in [2.45, 2.75) is 32.3 Å². The van der Waals surface area contributed by atoms with Gasteiger partial charge in [0.25, 0.3) is 0 Å². The first kappa shape index (κ1) is 11.8. The predicted molar refractivity (Wildman–Crippen MR) is 68.8 cm³/mol. The molecule has 1 saturated heterocycles. The van der Waals surface area contributed by atoms with Crippen LogP contribution in [0.15, 0.2) is 18.2 Å². The molecule has 0 saturated carbocycles. The van der Waals surface area contributed by atoms with E-state index in [1.807, 2.05) is 6.07 Å². The lowest BCUT2D eigenvalue weighted by atomic mass is 9.77. The normalized spacial score (nSPS) is 30.2. The number of rotatable bonds is 2. The summed E-state index contributed by atoms with van der Waals surface area (Å²) in [4.78, 5) is 0. The van der Waals surface area contributed by atoms with Crippen molar-refractivity contribution in [3.8, 4) is 11.5 Å². The van der Waals surface area contributed by atoms with E-state index in [-0.39, 0.29) is 6.10 Å². The van der Waals surface area contributed by atoms with Crippen molar-refractivity contribution < 1.29 is 14.6 Å². The Morgan fingerprint density at radius 1 is 1.39 bits per heavy atom. The molecule has 98 valence electrons. The second-order valence-corrected chi connectivity index (χ2v) is 5.33. The molecule has 2 aliphatic rings. The third kappa shape index (κ3) is 1.97. The van der Waals surface area contributed by atoms with E-state index in [0.29, 0.717) is 17.6 Å². The monoisotopic (exact) mass is 248 g/mol. The molecule has 3 heteroatoms. The Balaban J connectivity index is 1.91. The number of hydrogen-bond acceptors (Lipinski definition) is 3. The maximum absolute atomic E-state index is 9.64. The van der Waals surface area contributed by atoms with Crippen LogP contribution < -0.4 is 4.74 Å². The third-order valence-corrected chi connectivity index (χ3v) is 4.17. The highest BCUT2D eigenvalue weighted by Gasteiger charge is 2.39. The maximum Gasteiger partial charge on any atom is 0.125 e. The summed E-state index contributed by atoms with van der Waals surface area (Å²) >= 11 is 0. The van der Waals surface area contributed by atoms with Gasteiger partial charge < -0.3 is 14.6 Å². The summed E-state index contributed by atoms with van der Waals surface area (Å²) in [5, 5.41) is 9.64. The average molecular weight is 248 g/mol. The minimum atomic E-state index is 0.103. The van der Waals surface area contributed by atoms with E-state index in [9.17, 15) is 5.11 Å². The number of phenols is 1. The number of benzene rings is 1. The van der Waals surface area contributed by atoms with Crippen molar-refractivity contribution in [3.63, 3.8) is 0 Å². The minimum absolute atomic E-state index is 0.103. The zero-order valence-corrected chi connectivity index (χ0v) is 10.8. The van der Waals surface area contributed by atoms with Gasteiger partial charge in [-0.15, -0.1) is 0 Å². The van der Waals surface area contributed by atoms with Gasteiger partial charge in [-0.3, -0.25) is 0 Å². The van der Waals surface area contributed by atoms with Crippen LogP contribution in [0.4, 0.5) is 0 Å². The second kappa shape index (κ2) is 4.81. The van der Waals surface area contributed by atoms with Crippen molar-refractivity contribution >= 4 is 0 Å². The van der Waals surface area contributed by atoms with Gasteiger partial charge in [-0.2, -0.15) is 0 Å². The standard InChI is InChI=1S/C15H20O3/c1-2-3-10-6-7-17-15-12-8-11(16)4-5-14(12)18-9-13(10)15/h4-5,8,10,13,15-16H,2-3,6-7,9H2,1H3/t10?,13-,15-/m0/s1. The number of hydrogen-bond donors (Lipinski definition) is 1. The van der Waals surface area contributed by atoms with E-state index < -0.39 is 0 Å². The summed E-state index contributed by atoms with van der Waals surface area (Å²) in [5.74, 6) is 2.28. The number of ether oxygens (including phenoxy) is 2. The van der Waals surface area contributed by atoms with Crippen LogP contribution >= 0.6 is 0 Å². The fourth-order valence-electron chi connectivity index (χ4n) is 3.28. The van der Waals surface area contributed by atoms with Crippen molar-refractivity contribution in [2.24, 2.45) is 11.8 Å². The molecule has 18 heavy (non-hydrogen) atoms. The third-order valence-electron chi connectivity index (χ3n) is 4.17. The first-order valence-electron chi connectivity index (χ1n) is 6.87. The number of phenolic OH excluding ortho intramolecular Hbond substituents is 1. The Morgan fingerprint density at radius 3 is 3.11 bits per heavy atom. The number of aromatic hydroxyl groups is 1. The van der Waals surface area contributed by atoms with E-state index in [2.05, 4.69) is 6.92 Å². The fraction of sp³-hybridized carbons (Fsp3) is 0.600. The Labute approximate surface area is 108 Å². The second-order valence-electron chi connectivity index (χ2n) is 5.33. The molecule has 1 fully saturated rings. The molecule has 3 rings (SSSR count). The Morgan fingerprint density at radius 2 is 2.28 bits per heavy atom. The van der Waals surface area contributed by atoms with Gasteiger partial charge in [-0.05, 0) is 30.5 Å². The lowest BCUT2D eigenvalue weighted by molar-refractivity contribution is -0.0871. The van der Waals surface area contributed by atoms with Crippen molar-refractivity contribution in [1.29, 1.82) is 0 Å². The molecule has 3 atom stereocenters. The Hall–Kier alpha value is -1.22. The fourth-order valence-corrected chi connectivity index (χ4v) is 3.28. The Kier molecular flexibility index (Phi) is 3.16. The van der Waals surface area contributed by atoms with Gasteiger partial charge in [0.2, 0.25) is 0 Å². The minimum Gasteiger partial charge on any atom is -0.508 e. The van der Waals surface area contributed by atoms with Crippen LogP contribution in [0.5, 0.6) is 11.5 Å². The Bertz CT molecular complexity index is 428. The summed E-state index contributed by atoms with van der Waals surface area (Å²) in [6.07, 6.45) is 3.68. The largest absolute Gasteiger partial charge is 0.508 e. The van der Waals surface area contributed by atoms with E-state index in [1.54, 1.807) is 12.1 Å². The van der Waals surface area contributed by atoms with Crippen LogP contribution in [0, 0.1) is 11.8 Å². The van der Waals surface area contributed by atoms with E-state index in [4.69, 9.17) is 9.47 Å². The molecule has 0 bridgehead atoms. The van der Waals surface area contributed by atoms with Crippen LogP contribution in [-0.4, -0.2) is 18.3 Å². The zero-order valence-electron chi connectivity index (χ0n) is 10.8. The van der Waals surface area contributed by atoms with Gasteiger partial charge >= 0.3 is 0 Å². The molecular weight excluding hydrogens is 228 g/mol. The van der Waals surface area contributed by atoms with E-state index in [1.165, 1.54) is 12.8 Å². The molecule has 1 aromatic rings. The lowest BCUT2D eigenvalue weighted by Gasteiger charge is -2.41. The first-order chi connectivity index (χ1) is 8.79. The highest BCUT2D eigenvalue weighted by atomic mass is 16.5. The van der Waals surface area contributed by atoms with Gasteiger partial charge in [-0.25, -0.2) is 0 Å². The zero-order chi connectivity index (χ0) is 12.5. The maximum atomic E-state index is 9.64. The molecule has 2 aliphatic heterocycles. The van der Waals surface area contributed by atoms with Gasteiger partial charge in [0.1, 0.15) is 11.5 Å². The quantitative estimate of drug-likeness (QED) is 0.873. The molecular formula is C15H20O3. The van der Waals surface area contributed by atoms with Gasteiger partial charge in [0, 0.05) is 18.1 Å². The lowest BCUT2D eigenvalue weighted by Crippen LogP contribution is -2.37. The van der Waals surface area contributed by atoms with E-state index in [0.717, 1.165) is 30.9 Å². The molecule has 3 nitrogen and oxygen atoms in total. The molecule has 0 aromatic heterocycles. The van der Waals surface area contributed by atoms with Crippen LogP contribution in [0.3, 0.4) is 0 Å². The molecule has 0 aliphatic carbocycles. The molecule has 1 unspecified atom stereocenters. The smallest absolute Gasteiger partial charge is 0.125 e. The van der Waals surface area contributed by atoms with Crippen LogP contribution in [0.25, 0.3) is 0 Å². The SMILES string of the molecule is CCCC1CCO[C@H]2c3cc(O)ccc3OC[C@@H]12. The molecule has 0 spiro atoms. The van der Waals surface area contributed by atoms with Gasteiger partial charge in [0.05, 0.1) is 12.7 Å². The molecule has 0 radical (unpaired) electrons. The van der Waals surface area contributed by atoms with Crippen LogP contribution in [0.2, 0.25) is 0 Å². The highest BCUT2D eigenvalue weighted by Crippen LogP contribution is 2.46. The average Bonchev–Trinajstić information content (AvgIpc) is 2.39. The molecule has 1 N–H and O–H groups in total. The summed E-state index contributed by atoms with van der Waals surface area (Å²) in [5.41, 5.74) is 1.02. The first-order valence-corrected chi connectivity index (χ1v) is 6.87. The summed E-state index contributed by atoms with van der Waals surface area (Å²) in [7, 11) is 0.